The Bertz CT molecular complexity index is 71.5. The number of hydrogen-bond donors (Lipinski definition) is 0. The van der Waals surface area contributed by atoms with Crippen LogP contribution in [0.5, 0.6) is 0 Å². The van der Waals surface area contributed by atoms with Crippen LogP contribution in [0, 0.1) is 0 Å². The van der Waals surface area contributed by atoms with Gasteiger partial charge in [0.25, 0.3) is 0 Å². The van der Waals surface area contributed by atoms with E-state index in [1.54, 1.807) is 0 Å². The van der Waals surface area contributed by atoms with Gasteiger partial charge in [-0.05, 0) is 0 Å². The summed E-state index contributed by atoms with van der Waals surface area (Å²) < 4.78 is 0. The molecule has 0 bridgehead atoms. The minimum atomic E-state index is 0.342. The average molecular weight is 219 g/mol. The van der Waals surface area contributed by atoms with Crippen LogP contribution in [-0.2, 0) is 7.04 Å². The summed E-state index contributed by atoms with van der Waals surface area (Å²) in [5, 5.41) is 0. The van der Waals surface area contributed by atoms with Crippen molar-refractivity contribution in [1.29, 1.82) is 0 Å². The van der Waals surface area contributed by atoms with Crippen LogP contribution in [0.2, 0.25) is 0 Å². The molecule has 0 aromatic rings. The van der Waals surface area contributed by atoms with Crippen molar-refractivity contribution >= 4 is 36.1 Å². The van der Waals surface area contributed by atoms with Crippen molar-refractivity contribution in [3.05, 3.63) is 0 Å². The van der Waals surface area contributed by atoms with Gasteiger partial charge in [0.05, 0.1) is 0 Å². The van der Waals surface area contributed by atoms with Crippen molar-refractivity contribution in [3.8, 4) is 0 Å². The van der Waals surface area contributed by atoms with Gasteiger partial charge in [-0.1, -0.05) is 0 Å². The van der Waals surface area contributed by atoms with Crippen molar-refractivity contribution in [2.24, 2.45) is 0 Å². The molecule has 0 aliphatic carbocycles. The molecule has 0 atom stereocenters. The van der Waals surface area contributed by atoms with Crippen LogP contribution < -0.4 is 0 Å². The van der Waals surface area contributed by atoms with E-state index >= 15 is 0 Å². The summed E-state index contributed by atoms with van der Waals surface area (Å²) in [4.78, 5) is 0. The van der Waals surface area contributed by atoms with E-state index in [4.69, 9.17) is 0 Å². The van der Waals surface area contributed by atoms with Gasteiger partial charge in [0.2, 0.25) is 0 Å². The van der Waals surface area contributed by atoms with Crippen molar-refractivity contribution in [3.63, 3.8) is 0 Å². The molecule has 0 rings (SSSR count). The predicted molar refractivity (Wildman–Crippen MR) is 38.8 cm³/mol. The molecule has 5 heavy (non-hydrogen) atoms. The third kappa shape index (κ3) is 5.51. The van der Waals surface area contributed by atoms with E-state index < -0.39 is 0 Å². The molecule has 0 radical (unpaired) electrons. The molecule has 0 unspecified atom stereocenters. The summed E-state index contributed by atoms with van der Waals surface area (Å²) in [6.45, 7) is 2.13. The second-order valence-electron chi connectivity index (χ2n) is 0.596. The van der Waals surface area contributed by atoms with Gasteiger partial charge in [0.1, 0.15) is 0 Å². The molecule has 0 saturated carbocycles. The normalized spacial score (nSPS) is 9.20. The molecule has 0 amide bonds. The molecule has 32 valence electrons. The first-order chi connectivity index (χ1) is 2.27. The van der Waals surface area contributed by atoms with Gasteiger partial charge >= 0.3 is 48.7 Å². The second-order valence-corrected chi connectivity index (χ2v) is 8.39. The molecule has 0 heterocycles. The van der Waals surface area contributed by atoms with Crippen molar-refractivity contribution in [1.82, 2.24) is 0 Å². The topological polar surface area (TPSA) is 0 Å². The zero-order valence-corrected chi connectivity index (χ0v) is 6.81. The molecule has 0 aliphatic rings. The molecule has 0 spiro atoms. The summed E-state index contributed by atoms with van der Waals surface area (Å²) in [7, 11) is 4.45. The van der Waals surface area contributed by atoms with Crippen LogP contribution in [0.3, 0.4) is 0 Å². The third-order valence-corrected chi connectivity index (χ3v) is 3.36. The molecule has 0 saturated heterocycles. The van der Waals surface area contributed by atoms with E-state index in [0.717, 1.165) is 0 Å². The Balaban J connectivity index is 2.97. The summed E-state index contributed by atoms with van der Waals surface area (Å²) in [6.07, 6.45) is 0. The van der Waals surface area contributed by atoms with Crippen LogP contribution in [-0.4, -0.2) is 5.75 Å². The Kier molecular flexibility index (Phi) is 4.81. The van der Waals surface area contributed by atoms with Crippen molar-refractivity contribution in [2.75, 3.05) is 5.75 Å². The quantitative estimate of drug-likeness (QED) is 0.333. The van der Waals surface area contributed by atoms with E-state index in [1.807, 2.05) is 0 Å². The fraction of sp³-hybridized carbons (Fsp3) is 1.00. The van der Waals surface area contributed by atoms with E-state index in [2.05, 4.69) is 35.9 Å². The molecule has 0 N–H and O–H groups in total. The first kappa shape index (κ1) is 6.51. The van der Waals surface area contributed by atoms with Crippen molar-refractivity contribution < 1.29 is 0 Å². The maximum atomic E-state index is 4.11. The first-order valence-corrected chi connectivity index (χ1v) is 6.32. The molecule has 0 aromatic heterocycles. The minimum absolute atomic E-state index is 0.342. The fourth-order valence-electron chi connectivity index (χ4n) is 0. The Morgan fingerprint density at radius 2 is 2.20 bits per heavy atom. The predicted octanol–water partition coefficient (Wildman–Crippen LogP) is 2.30. The van der Waals surface area contributed by atoms with Crippen LogP contribution >= 0.6 is 29.0 Å². The molecule has 0 aliphatic heterocycles. The summed E-state index contributed by atoms with van der Waals surface area (Å²) in [5.41, 5.74) is 0. The van der Waals surface area contributed by atoms with Crippen molar-refractivity contribution in [2.45, 2.75) is 6.92 Å². The zero-order valence-electron chi connectivity index (χ0n) is 2.94. The Labute approximate surface area is 48.7 Å². The summed E-state index contributed by atoms with van der Waals surface area (Å²) in [6, 6.07) is 0. The Hall–Kier alpha value is 1.51. The molecule has 0 nitrogen and oxygen atoms in total. The van der Waals surface area contributed by atoms with E-state index in [1.165, 1.54) is 5.75 Å². The molecule has 0 fully saturated rings. The molecule has 3 heteroatoms. The summed E-state index contributed by atoms with van der Waals surface area (Å²) in [5.74, 6) is 1.18. The zero-order chi connectivity index (χ0) is 4.28. The van der Waals surface area contributed by atoms with E-state index in [0.29, 0.717) is 7.04 Å². The number of halogens is 1. The first-order valence-electron chi connectivity index (χ1n) is 1.33. The van der Waals surface area contributed by atoms with Crippen LogP contribution in [0.15, 0.2) is 0 Å². The van der Waals surface area contributed by atoms with Gasteiger partial charge in [-0.25, -0.2) is 0 Å². The number of rotatable bonds is 0. The second kappa shape index (κ2) is 3.69. The van der Waals surface area contributed by atoms with Gasteiger partial charge in [0, 0.05) is 0 Å². The fourth-order valence-corrected chi connectivity index (χ4v) is 0. The SMILES string of the molecule is CC[S-](#P)I. The van der Waals surface area contributed by atoms with Gasteiger partial charge in [-0.3, -0.25) is 0 Å². The molecule has 0 aromatic carbocycles. The standard InChI is InChI=1S/C2H5IPS/c1-2-5(3)4/h2H2,1H3/q-1. The van der Waals surface area contributed by atoms with Gasteiger partial charge in [-0.2, -0.15) is 0 Å². The summed E-state index contributed by atoms with van der Waals surface area (Å²) >= 11 is 2.30. The number of hydrogen-bond acceptors (Lipinski definition) is 1. The molecular weight excluding hydrogens is 214 g/mol. The van der Waals surface area contributed by atoms with Gasteiger partial charge < -0.3 is 0 Å². The van der Waals surface area contributed by atoms with Crippen LogP contribution in [0.25, 0.3) is 0 Å². The van der Waals surface area contributed by atoms with Gasteiger partial charge in [-0.15, -0.1) is 0 Å². The maximum absolute atomic E-state index is 4.11. The monoisotopic (exact) mass is 219 g/mol. The average Bonchev–Trinajstić information content (AvgIpc) is 1.38. The van der Waals surface area contributed by atoms with Crippen LogP contribution in [0.4, 0.5) is 0 Å². The van der Waals surface area contributed by atoms with E-state index in [9.17, 15) is 0 Å². The third-order valence-electron chi connectivity index (χ3n) is 0.238. The van der Waals surface area contributed by atoms with Crippen LogP contribution in [0.1, 0.15) is 6.92 Å². The molecular formula is C2H5IPS-. The Morgan fingerprint density at radius 1 is 2.00 bits per heavy atom. The van der Waals surface area contributed by atoms with E-state index in [-0.39, 0.29) is 0 Å². The Morgan fingerprint density at radius 3 is 2.20 bits per heavy atom. The van der Waals surface area contributed by atoms with Gasteiger partial charge in [0.15, 0.2) is 0 Å².